The Labute approximate surface area is 91.2 Å². The molecule has 0 saturated heterocycles. The third kappa shape index (κ3) is 2.39. The number of hydrogen-bond donors (Lipinski definition) is 0. The molecule has 15 heavy (non-hydrogen) atoms. The first kappa shape index (κ1) is 12.2. The molecule has 1 saturated carbocycles. The summed E-state index contributed by atoms with van der Waals surface area (Å²) in [4.78, 5) is 23.5. The minimum atomic E-state index is -0.292. The van der Waals surface area contributed by atoms with Gasteiger partial charge in [0.1, 0.15) is 5.78 Å². The first-order valence-corrected chi connectivity index (χ1v) is 5.61. The molecular formula is C12H20O3. The maximum Gasteiger partial charge on any atom is 0.309 e. The second kappa shape index (κ2) is 4.33. The summed E-state index contributed by atoms with van der Waals surface area (Å²) in [5.41, 5.74) is -0.259. The number of rotatable bonds is 3. The number of Topliss-reactive ketones (excluding diaryl/α,β-unsaturated/α-hetero) is 1. The Balaban J connectivity index is 2.67. The Bertz CT molecular complexity index is 268. The van der Waals surface area contributed by atoms with Gasteiger partial charge in [-0.1, -0.05) is 20.8 Å². The molecule has 2 atom stereocenters. The molecule has 86 valence electrons. The molecule has 3 nitrogen and oxygen atoms in total. The van der Waals surface area contributed by atoms with Crippen molar-refractivity contribution in [3.8, 4) is 0 Å². The van der Waals surface area contributed by atoms with E-state index in [1.165, 1.54) is 0 Å². The van der Waals surface area contributed by atoms with Gasteiger partial charge in [-0.3, -0.25) is 9.59 Å². The van der Waals surface area contributed by atoms with Gasteiger partial charge in [-0.15, -0.1) is 0 Å². The van der Waals surface area contributed by atoms with Gasteiger partial charge in [0.15, 0.2) is 0 Å². The van der Waals surface area contributed by atoms with Crippen LogP contribution in [0.1, 0.15) is 40.5 Å². The van der Waals surface area contributed by atoms with E-state index < -0.39 is 0 Å². The molecule has 0 aromatic rings. The van der Waals surface area contributed by atoms with E-state index in [9.17, 15) is 9.59 Å². The molecule has 0 heterocycles. The van der Waals surface area contributed by atoms with Crippen LogP contribution in [0.4, 0.5) is 0 Å². The van der Waals surface area contributed by atoms with Crippen molar-refractivity contribution in [3.05, 3.63) is 0 Å². The fraction of sp³-hybridized carbons (Fsp3) is 0.833. The largest absolute Gasteiger partial charge is 0.466 e. The molecular weight excluding hydrogens is 192 g/mol. The predicted molar refractivity (Wildman–Crippen MR) is 57.3 cm³/mol. The van der Waals surface area contributed by atoms with Crippen LogP contribution in [-0.2, 0) is 14.3 Å². The second-order valence-corrected chi connectivity index (χ2v) is 4.93. The molecule has 1 fully saturated rings. The third-order valence-corrected chi connectivity index (χ3v) is 3.35. The van der Waals surface area contributed by atoms with E-state index in [2.05, 4.69) is 0 Å². The van der Waals surface area contributed by atoms with E-state index in [0.29, 0.717) is 6.61 Å². The van der Waals surface area contributed by atoms with Crippen LogP contribution < -0.4 is 0 Å². The lowest BCUT2D eigenvalue weighted by Crippen LogP contribution is -2.30. The number of ketones is 1. The molecule has 1 aliphatic rings. The summed E-state index contributed by atoms with van der Waals surface area (Å²) in [5.74, 6) is -0.463. The molecule has 0 bridgehead atoms. The molecule has 0 aromatic heterocycles. The minimum absolute atomic E-state index is 0.140. The summed E-state index contributed by atoms with van der Waals surface area (Å²) < 4.78 is 4.94. The molecule has 0 aliphatic heterocycles. The van der Waals surface area contributed by atoms with Gasteiger partial charge in [0, 0.05) is 11.3 Å². The maximum atomic E-state index is 12.0. The molecule has 0 aromatic carbocycles. The second-order valence-electron chi connectivity index (χ2n) is 4.93. The van der Waals surface area contributed by atoms with Crippen LogP contribution in [0.2, 0.25) is 0 Å². The van der Waals surface area contributed by atoms with Gasteiger partial charge in [-0.25, -0.2) is 0 Å². The zero-order chi connectivity index (χ0) is 11.6. The van der Waals surface area contributed by atoms with Crippen LogP contribution in [0, 0.1) is 17.3 Å². The highest BCUT2D eigenvalue weighted by Crippen LogP contribution is 2.41. The van der Waals surface area contributed by atoms with Gasteiger partial charge in [0.05, 0.1) is 12.5 Å². The Kier molecular flexibility index (Phi) is 3.53. The molecule has 0 spiro atoms. The average Bonchev–Trinajstić information content (AvgIpc) is 2.42. The van der Waals surface area contributed by atoms with Crippen molar-refractivity contribution in [1.29, 1.82) is 0 Å². The molecule has 1 rings (SSSR count). The Morgan fingerprint density at radius 1 is 1.60 bits per heavy atom. The van der Waals surface area contributed by atoms with Crippen molar-refractivity contribution in [2.45, 2.75) is 40.5 Å². The Hall–Kier alpha value is -0.860. The van der Waals surface area contributed by atoms with Crippen LogP contribution in [0.15, 0.2) is 0 Å². The zero-order valence-electron chi connectivity index (χ0n) is 10.0. The summed E-state index contributed by atoms with van der Waals surface area (Å²) >= 11 is 0. The smallest absolute Gasteiger partial charge is 0.309 e. The van der Waals surface area contributed by atoms with Crippen LogP contribution >= 0.6 is 0 Å². The highest BCUT2D eigenvalue weighted by molar-refractivity contribution is 5.92. The van der Waals surface area contributed by atoms with E-state index in [4.69, 9.17) is 4.74 Å². The molecule has 0 amide bonds. The van der Waals surface area contributed by atoms with Crippen LogP contribution in [-0.4, -0.2) is 18.4 Å². The number of esters is 1. The molecule has 0 unspecified atom stereocenters. The summed E-state index contributed by atoms with van der Waals surface area (Å²) in [7, 11) is 0. The fourth-order valence-corrected chi connectivity index (χ4v) is 2.19. The summed E-state index contributed by atoms with van der Waals surface area (Å²) in [6.07, 6.45) is 1.69. The van der Waals surface area contributed by atoms with Crippen LogP contribution in [0.5, 0.6) is 0 Å². The third-order valence-electron chi connectivity index (χ3n) is 3.35. The number of ether oxygens (including phenoxy) is 1. The monoisotopic (exact) mass is 212 g/mol. The summed E-state index contributed by atoms with van der Waals surface area (Å²) in [6.45, 7) is 7.86. The first-order chi connectivity index (χ1) is 6.90. The van der Waals surface area contributed by atoms with E-state index in [0.717, 1.165) is 12.8 Å². The minimum Gasteiger partial charge on any atom is -0.466 e. The summed E-state index contributed by atoms with van der Waals surface area (Å²) in [6, 6.07) is 0. The molecule has 0 N–H and O–H groups in total. The SMILES string of the molecule is CCOC(=O)[C@@H](C)[C@@H]1CCC(C)(C)C1=O. The Morgan fingerprint density at radius 2 is 2.20 bits per heavy atom. The number of carbonyl (C=O) groups is 2. The van der Waals surface area contributed by atoms with Gasteiger partial charge in [-0.05, 0) is 19.8 Å². The maximum absolute atomic E-state index is 12.0. The van der Waals surface area contributed by atoms with Gasteiger partial charge in [0.25, 0.3) is 0 Å². The van der Waals surface area contributed by atoms with Crippen molar-refractivity contribution >= 4 is 11.8 Å². The number of hydrogen-bond acceptors (Lipinski definition) is 3. The Morgan fingerprint density at radius 3 is 2.60 bits per heavy atom. The van der Waals surface area contributed by atoms with Crippen molar-refractivity contribution in [1.82, 2.24) is 0 Å². The van der Waals surface area contributed by atoms with Crippen molar-refractivity contribution in [2.75, 3.05) is 6.61 Å². The van der Waals surface area contributed by atoms with E-state index >= 15 is 0 Å². The predicted octanol–water partition coefficient (Wildman–Crippen LogP) is 2.19. The van der Waals surface area contributed by atoms with Crippen LogP contribution in [0.25, 0.3) is 0 Å². The average molecular weight is 212 g/mol. The topological polar surface area (TPSA) is 43.4 Å². The van der Waals surface area contributed by atoms with E-state index in [1.807, 2.05) is 13.8 Å². The molecule has 1 aliphatic carbocycles. The van der Waals surface area contributed by atoms with Crippen molar-refractivity contribution in [3.63, 3.8) is 0 Å². The molecule has 0 radical (unpaired) electrons. The lowest BCUT2D eigenvalue weighted by atomic mass is 9.85. The van der Waals surface area contributed by atoms with Gasteiger partial charge < -0.3 is 4.74 Å². The van der Waals surface area contributed by atoms with Crippen LogP contribution in [0.3, 0.4) is 0 Å². The van der Waals surface area contributed by atoms with E-state index in [1.54, 1.807) is 13.8 Å². The number of carbonyl (C=O) groups excluding carboxylic acids is 2. The lowest BCUT2D eigenvalue weighted by molar-refractivity contribution is -0.151. The summed E-state index contributed by atoms with van der Waals surface area (Å²) in [5, 5.41) is 0. The molecule has 3 heteroatoms. The standard InChI is InChI=1S/C12H20O3/c1-5-15-11(14)8(2)9-6-7-12(3,4)10(9)13/h8-9H,5-7H2,1-4H3/t8-,9-/m0/s1. The van der Waals surface area contributed by atoms with Crippen molar-refractivity contribution in [2.24, 2.45) is 17.3 Å². The lowest BCUT2D eigenvalue weighted by Gasteiger charge is -2.19. The van der Waals surface area contributed by atoms with Gasteiger partial charge in [-0.2, -0.15) is 0 Å². The van der Waals surface area contributed by atoms with Crippen molar-refractivity contribution < 1.29 is 14.3 Å². The first-order valence-electron chi connectivity index (χ1n) is 5.61. The normalized spacial score (nSPS) is 26.4. The highest BCUT2D eigenvalue weighted by Gasteiger charge is 2.44. The van der Waals surface area contributed by atoms with E-state index in [-0.39, 0.29) is 29.0 Å². The van der Waals surface area contributed by atoms with Gasteiger partial charge in [0.2, 0.25) is 0 Å². The van der Waals surface area contributed by atoms with Gasteiger partial charge >= 0.3 is 5.97 Å². The quantitative estimate of drug-likeness (QED) is 0.673. The highest BCUT2D eigenvalue weighted by atomic mass is 16.5. The zero-order valence-corrected chi connectivity index (χ0v) is 10.0. The fourth-order valence-electron chi connectivity index (χ4n) is 2.19.